The number of aliphatic hydroxyl groups is 1. The Morgan fingerprint density at radius 3 is 2.19 bits per heavy atom. The quantitative estimate of drug-likeness (QED) is 0.825. The fraction of sp³-hybridized carbons (Fsp3) is 0.400. The molecule has 0 radical (unpaired) electrons. The van der Waals surface area contributed by atoms with Gasteiger partial charge in [0.2, 0.25) is 0 Å². The predicted molar refractivity (Wildman–Crippen MR) is 65.6 cm³/mol. The van der Waals surface area contributed by atoms with E-state index in [9.17, 15) is 8.42 Å². The summed E-state index contributed by atoms with van der Waals surface area (Å²) < 4.78 is 22.3. The molecule has 0 saturated carbocycles. The van der Waals surface area contributed by atoms with Crippen LogP contribution in [0, 0.1) is 0 Å². The maximum Gasteiger partial charge on any atom is 0.175 e. The lowest BCUT2D eigenvalue weighted by atomic mass is 10.1. The summed E-state index contributed by atoms with van der Waals surface area (Å²) in [5.74, 6) is 0. The van der Waals surface area contributed by atoms with Gasteiger partial charge in [-0.05, 0) is 24.1 Å². The fourth-order valence-electron chi connectivity index (χ4n) is 1.24. The molecule has 92 valence electrons. The van der Waals surface area contributed by atoms with Crippen molar-refractivity contribution in [1.29, 1.82) is 0 Å². The highest BCUT2D eigenvalue weighted by molar-refractivity contribution is 7.90. The van der Waals surface area contributed by atoms with Gasteiger partial charge in [-0.2, -0.15) is 0 Å². The first-order valence-electron chi connectivity index (χ1n) is 4.59. The molecule has 1 unspecified atom stereocenters. The van der Waals surface area contributed by atoms with Crippen LogP contribution < -0.4 is 5.73 Å². The average Bonchev–Trinajstić information content (AvgIpc) is 2.17. The lowest BCUT2D eigenvalue weighted by Crippen LogP contribution is -2.26. The summed E-state index contributed by atoms with van der Waals surface area (Å²) in [6, 6.07) is 6.23. The van der Waals surface area contributed by atoms with Gasteiger partial charge in [0, 0.05) is 12.3 Å². The molecule has 1 atom stereocenters. The number of rotatable bonds is 4. The second kappa shape index (κ2) is 6.20. The number of aliphatic hydroxyl groups excluding tert-OH is 1. The zero-order chi connectivity index (χ0) is 11.5. The van der Waals surface area contributed by atoms with Crippen molar-refractivity contribution in [2.75, 3.05) is 12.9 Å². The molecule has 0 aliphatic heterocycles. The van der Waals surface area contributed by atoms with Gasteiger partial charge < -0.3 is 10.8 Å². The van der Waals surface area contributed by atoms with Gasteiger partial charge in [0.1, 0.15) is 0 Å². The highest BCUT2D eigenvalue weighted by Crippen LogP contribution is 2.11. The molecule has 0 amide bonds. The molecular weight excluding hydrogens is 250 g/mol. The van der Waals surface area contributed by atoms with Crippen LogP contribution in [-0.4, -0.2) is 32.4 Å². The third kappa shape index (κ3) is 4.49. The Morgan fingerprint density at radius 2 is 1.81 bits per heavy atom. The van der Waals surface area contributed by atoms with E-state index < -0.39 is 9.84 Å². The van der Waals surface area contributed by atoms with Crippen molar-refractivity contribution in [3.05, 3.63) is 29.8 Å². The summed E-state index contributed by atoms with van der Waals surface area (Å²) in [6.45, 7) is -0.0756. The van der Waals surface area contributed by atoms with Gasteiger partial charge in [0.25, 0.3) is 0 Å². The summed E-state index contributed by atoms with van der Waals surface area (Å²) in [5.41, 5.74) is 6.48. The van der Waals surface area contributed by atoms with Crippen LogP contribution in [0.5, 0.6) is 0 Å². The fourth-order valence-corrected chi connectivity index (χ4v) is 1.87. The molecule has 3 N–H and O–H groups in total. The first-order chi connectivity index (χ1) is 6.93. The molecule has 1 rings (SSSR count). The maximum absolute atomic E-state index is 11.2. The van der Waals surface area contributed by atoms with Gasteiger partial charge in [0.15, 0.2) is 9.84 Å². The Hall–Kier alpha value is -0.620. The number of halogens is 1. The van der Waals surface area contributed by atoms with Gasteiger partial charge in [-0.25, -0.2) is 8.42 Å². The van der Waals surface area contributed by atoms with Crippen LogP contribution in [0.4, 0.5) is 0 Å². The Kier molecular flexibility index (Phi) is 5.96. The van der Waals surface area contributed by atoms with Crippen molar-refractivity contribution in [1.82, 2.24) is 0 Å². The van der Waals surface area contributed by atoms with E-state index in [1.165, 1.54) is 6.26 Å². The summed E-state index contributed by atoms with van der Waals surface area (Å²) in [6.07, 6.45) is 1.71. The van der Waals surface area contributed by atoms with Crippen LogP contribution in [-0.2, 0) is 16.3 Å². The maximum atomic E-state index is 11.2. The number of hydrogen-bond donors (Lipinski definition) is 2. The van der Waals surface area contributed by atoms with E-state index in [1.54, 1.807) is 24.3 Å². The third-order valence-corrected chi connectivity index (χ3v) is 3.21. The van der Waals surface area contributed by atoms with E-state index >= 15 is 0 Å². The van der Waals surface area contributed by atoms with E-state index in [-0.39, 0.29) is 25.1 Å². The third-order valence-electron chi connectivity index (χ3n) is 2.08. The second-order valence-corrected chi connectivity index (χ2v) is 5.58. The smallest absolute Gasteiger partial charge is 0.175 e. The van der Waals surface area contributed by atoms with Crippen LogP contribution in [0.25, 0.3) is 0 Å². The second-order valence-electron chi connectivity index (χ2n) is 3.56. The Morgan fingerprint density at radius 1 is 1.31 bits per heavy atom. The van der Waals surface area contributed by atoms with Crippen LogP contribution in [0.3, 0.4) is 0 Å². The Labute approximate surface area is 102 Å². The molecule has 0 aliphatic rings. The predicted octanol–water partition coefficient (Wildman–Crippen LogP) is 0.374. The minimum absolute atomic E-state index is 0. The number of sulfone groups is 1. The van der Waals surface area contributed by atoms with Crippen molar-refractivity contribution in [3.63, 3.8) is 0 Å². The van der Waals surface area contributed by atoms with Crippen LogP contribution >= 0.6 is 12.4 Å². The molecule has 16 heavy (non-hydrogen) atoms. The van der Waals surface area contributed by atoms with E-state index in [2.05, 4.69) is 0 Å². The van der Waals surface area contributed by atoms with Crippen molar-refractivity contribution in [3.8, 4) is 0 Å². The molecule has 0 saturated heterocycles. The standard InChI is InChI=1S/C10H15NO3S.ClH/c1-15(13,14)10-4-2-8(3-5-10)6-9(11)7-12;/h2-5,9,12H,6-7,11H2,1H3;1H. The summed E-state index contributed by atoms with van der Waals surface area (Å²) >= 11 is 0. The average molecular weight is 266 g/mol. The summed E-state index contributed by atoms with van der Waals surface area (Å²) in [5, 5.41) is 8.76. The Bertz CT molecular complexity index is 416. The number of nitrogens with two attached hydrogens (primary N) is 1. The largest absolute Gasteiger partial charge is 0.395 e. The van der Waals surface area contributed by atoms with Crippen LogP contribution in [0.2, 0.25) is 0 Å². The molecule has 0 bridgehead atoms. The van der Waals surface area contributed by atoms with Crippen molar-refractivity contribution in [2.45, 2.75) is 17.4 Å². The van der Waals surface area contributed by atoms with E-state index in [0.717, 1.165) is 5.56 Å². The zero-order valence-electron chi connectivity index (χ0n) is 8.96. The van der Waals surface area contributed by atoms with Gasteiger partial charge in [-0.3, -0.25) is 0 Å². The van der Waals surface area contributed by atoms with Gasteiger partial charge in [-0.15, -0.1) is 12.4 Å². The molecule has 1 aromatic rings. The monoisotopic (exact) mass is 265 g/mol. The zero-order valence-corrected chi connectivity index (χ0v) is 10.6. The Balaban J connectivity index is 0.00000225. The van der Waals surface area contributed by atoms with E-state index in [0.29, 0.717) is 11.3 Å². The molecule has 0 heterocycles. The van der Waals surface area contributed by atoms with Crippen molar-refractivity contribution >= 4 is 22.2 Å². The van der Waals surface area contributed by atoms with Crippen molar-refractivity contribution < 1.29 is 13.5 Å². The van der Waals surface area contributed by atoms with Gasteiger partial charge in [-0.1, -0.05) is 12.1 Å². The highest BCUT2D eigenvalue weighted by atomic mass is 35.5. The lowest BCUT2D eigenvalue weighted by molar-refractivity contribution is 0.265. The number of benzene rings is 1. The highest BCUT2D eigenvalue weighted by Gasteiger charge is 2.07. The first kappa shape index (κ1) is 15.4. The lowest BCUT2D eigenvalue weighted by Gasteiger charge is -2.08. The molecular formula is C10H16ClNO3S. The molecule has 0 spiro atoms. The molecule has 0 aliphatic carbocycles. The van der Waals surface area contributed by atoms with Crippen molar-refractivity contribution in [2.24, 2.45) is 5.73 Å². The topological polar surface area (TPSA) is 80.4 Å². The van der Waals surface area contributed by atoms with Gasteiger partial charge in [0.05, 0.1) is 11.5 Å². The van der Waals surface area contributed by atoms with Gasteiger partial charge >= 0.3 is 0 Å². The molecule has 6 heteroatoms. The van der Waals surface area contributed by atoms with Crippen LogP contribution in [0.15, 0.2) is 29.2 Å². The normalized spacial score (nSPS) is 12.9. The molecule has 4 nitrogen and oxygen atoms in total. The minimum Gasteiger partial charge on any atom is -0.395 e. The summed E-state index contributed by atoms with van der Waals surface area (Å²) in [7, 11) is -3.13. The SMILES string of the molecule is CS(=O)(=O)c1ccc(CC(N)CO)cc1.Cl. The molecule has 0 aromatic heterocycles. The van der Waals surface area contributed by atoms with E-state index in [4.69, 9.17) is 10.8 Å². The minimum atomic E-state index is -3.13. The van der Waals surface area contributed by atoms with E-state index in [1.807, 2.05) is 0 Å². The number of hydrogen-bond acceptors (Lipinski definition) is 4. The molecule has 1 aromatic carbocycles. The van der Waals surface area contributed by atoms with Crippen LogP contribution in [0.1, 0.15) is 5.56 Å². The molecule has 0 fully saturated rings. The summed E-state index contributed by atoms with van der Waals surface area (Å²) in [4.78, 5) is 0.295. The first-order valence-corrected chi connectivity index (χ1v) is 6.48.